The molecule has 1 unspecified atom stereocenters. The van der Waals surface area contributed by atoms with E-state index in [1.807, 2.05) is 59.1 Å². The molecule has 1 amide bonds. The number of benzene rings is 2. The van der Waals surface area contributed by atoms with Crippen molar-refractivity contribution < 1.29 is 9.90 Å². The van der Waals surface area contributed by atoms with E-state index < -0.39 is 0 Å². The van der Waals surface area contributed by atoms with Crippen LogP contribution < -0.4 is 0 Å². The third-order valence-corrected chi connectivity index (χ3v) is 5.14. The standard InChI is InChI=1S/C19H21NO2S/c21-17-8-6-15(7-9-17)14-18(16-4-2-1-3-5-16)19(22)20-10-12-23-13-11-20/h1-9,18,21H,10-14H2. The average molecular weight is 327 g/mol. The summed E-state index contributed by atoms with van der Waals surface area (Å²) in [6.07, 6.45) is 0.659. The van der Waals surface area contributed by atoms with E-state index in [1.165, 1.54) is 0 Å². The Morgan fingerprint density at radius 1 is 1.04 bits per heavy atom. The number of phenolic OH excluding ortho intramolecular Hbond substituents is 1. The molecule has 0 radical (unpaired) electrons. The van der Waals surface area contributed by atoms with Crippen molar-refractivity contribution in [2.24, 2.45) is 0 Å². The fourth-order valence-electron chi connectivity index (χ4n) is 2.90. The average Bonchev–Trinajstić information content (AvgIpc) is 2.62. The summed E-state index contributed by atoms with van der Waals surface area (Å²) in [5.41, 5.74) is 2.13. The van der Waals surface area contributed by atoms with Gasteiger partial charge in [-0.1, -0.05) is 42.5 Å². The van der Waals surface area contributed by atoms with Crippen molar-refractivity contribution in [1.82, 2.24) is 4.90 Å². The summed E-state index contributed by atoms with van der Waals surface area (Å²) < 4.78 is 0. The number of hydrogen-bond donors (Lipinski definition) is 1. The van der Waals surface area contributed by atoms with Gasteiger partial charge in [-0.25, -0.2) is 0 Å². The van der Waals surface area contributed by atoms with Gasteiger partial charge < -0.3 is 10.0 Å². The minimum atomic E-state index is -0.163. The number of carbonyl (C=O) groups excluding carboxylic acids is 1. The molecule has 1 fully saturated rings. The summed E-state index contributed by atoms with van der Waals surface area (Å²) in [5.74, 6) is 2.34. The number of rotatable bonds is 4. The second kappa shape index (κ2) is 7.55. The minimum absolute atomic E-state index is 0.163. The molecule has 3 rings (SSSR count). The van der Waals surface area contributed by atoms with Crippen molar-refractivity contribution in [2.45, 2.75) is 12.3 Å². The SMILES string of the molecule is O=C(C(Cc1ccc(O)cc1)c1ccccc1)N1CCSCC1. The molecule has 1 atom stereocenters. The molecule has 1 aliphatic heterocycles. The second-order valence-electron chi connectivity index (χ2n) is 5.77. The summed E-state index contributed by atoms with van der Waals surface area (Å²) in [5, 5.41) is 9.44. The Bertz CT molecular complexity index is 636. The summed E-state index contributed by atoms with van der Waals surface area (Å²) in [4.78, 5) is 15.0. The maximum absolute atomic E-state index is 13.0. The fraction of sp³-hybridized carbons (Fsp3) is 0.316. The van der Waals surface area contributed by atoms with Gasteiger partial charge in [0.1, 0.15) is 5.75 Å². The zero-order valence-corrected chi connectivity index (χ0v) is 13.8. The van der Waals surface area contributed by atoms with E-state index in [9.17, 15) is 9.90 Å². The van der Waals surface area contributed by atoms with Gasteiger partial charge in [-0.3, -0.25) is 4.79 Å². The van der Waals surface area contributed by atoms with Crippen LogP contribution in [0, 0.1) is 0 Å². The van der Waals surface area contributed by atoms with Crippen LogP contribution in [0.25, 0.3) is 0 Å². The lowest BCUT2D eigenvalue weighted by molar-refractivity contribution is -0.132. The van der Waals surface area contributed by atoms with E-state index in [-0.39, 0.29) is 17.6 Å². The van der Waals surface area contributed by atoms with E-state index in [1.54, 1.807) is 12.1 Å². The van der Waals surface area contributed by atoms with Gasteiger partial charge in [-0.15, -0.1) is 0 Å². The van der Waals surface area contributed by atoms with Gasteiger partial charge in [0.05, 0.1) is 5.92 Å². The van der Waals surface area contributed by atoms with Crippen molar-refractivity contribution in [2.75, 3.05) is 24.6 Å². The Hall–Kier alpha value is -1.94. The molecule has 3 nitrogen and oxygen atoms in total. The number of nitrogens with zero attached hydrogens (tertiary/aromatic N) is 1. The lowest BCUT2D eigenvalue weighted by Crippen LogP contribution is -2.41. The highest BCUT2D eigenvalue weighted by Crippen LogP contribution is 2.25. The molecule has 1 N–H and O–H groups in total. The van der Waals surface area contributed by atoms with Crippen LogP contribution >= 0.6 is 11.8 Å². The Morgan fingerprint density at radius 3 is 2.35 bits per heavy atom. The third-order valence-electron chi connectivity index (χ3n) is 4.20. The smallest absolute Gasteiger partial charge is 0.230 e. The first-order valence-electron chi connectivity index (χ1n) is 7.93. The monoisotopic (exact) mass is 327 g/mol. The predicted octanol–water partition coefficient (Wildman–Crippen LogP) is 3.29. The molecule has 2 aromatic rings. The van der Waals surface area contributed by atoms with Crippen LogP contribution in [0.5, 0.6) is 5.75 Å². The Balaban J connectivity index is 1.84. The fourth-order valence-corrected chi connectivity index (χ4v) is 3.81. The van der Waals surface area contributed by atoms with E-state index in [4.69, 9.17) is 0 Å². The Kier molecular flexibility index (Phi) is 5.23. The summed E-state index contributed by atoms with van der Waals surface area (Å²) in [6.45, 7) is 1.67. The number of amides is 1. The van der Waals surface area contributed by atoms with Crippen molar-refractivity contribution in [3.8, 4) is 5.75 Å². The lowest BCUT2D eigenvalue weighted by Gasteiger charge is -2.30. The first-order chi connectivity index (χ1) is 11.2. The summed E-state index contributed by atoms with van der Waals surface area (Å²) >= 11 is 1.91. The lowest BCUT2D eigenvalue weighted by atomic mass is 9.90. The number of thioether (sulfide) groups is 1. The van der Waals surface area contributed by atoms with Crippen molar-refractivity contribution in [3.63, 3.8) is 0 Å². The molecular formula is C19H21NO2S. The van der Waals surface area contributed by atoms with Crippen molar-refractivity contribution in [1.29, 1.82) is 0 Å². The Morgan fingerprint density at radius 2 is 1.70 bits per heavy atom. The van der Waals surface area contributed by atoms with Gasteiger partial charge >= 0.3 is 0 Å². The van der Waals surface area contributed by atoms with Crippen LogP contribution in [0.4, 0.5) is 0 Å². The summed E-state index contributed by atoms with van der Waals surface area (Å²) in [6, 6.07) is 17.2. The first-order valence-corrected chi connectivity index (χ1v) is 9.09. The summed E-state index contributed by atoms with van der Waals surface area (Å²) in [7, 11) is 0. The van der Waals surface area contributed by atoms with Crippen LogP contribution in [0.3, 0.4) is 0 Å². The van der Waals surface area contributed by atoms with Crippen LogP contribution in [0.15, 0.2) is 54.6 Å². The van der Waals surface area contributed by atoms with Gasteiger partial charge in [-0.2, -0.15) is 11.8 Å². The molecule has 1 saturated heterocycles. The van der Waals surface area contributed by atoms with E-state index in [2.05, 4.69) is 0 Å². The maximum atomic E-state index is 13.0. The molecule has 1 aliphatic rings. The molecule has 1 heterocycles. The first kappa shape index (κ1) is 15.9. The van der Waals surface area contributed by atoms with Gasteiger partial charge in [0.2, 0.25) is 5.91 Å². The zero-order valence-electron chi connectivity index (χ0n) is 13.0. The molecule has 0 spiro atoms. The highest BCUT2D eigenvalue weighted by Gasteiger charge is 2.27. The zero-order chi connectivity index (χ0) is 16.1. The van der Waals surface area contributed by atoms with Crippen LogP contribution in [-0.4, -0.2) is 40.5 Å². The normalized spacial score (nSPS) is 16.1. The minimum Gasteiger partial charge on any atom is -0.508 e. The van der Waals surface area contributed by atoms with Crippen LogP contribution in [0.1, 0.15) is 17.0 Å². The molecule has 120 valence electrons. The predicted molar refractivity (Wildman–Crippen MR) is 94.9 cm³/mol. The van der Waals surface area contributed by atoms with Gasteiger partial charge in [0.25, 0.3) is 0 Å². The molecule has 0 aliphatic carbocycles. The molecule has 0 bridgehead atoms. The third kappa shape index (κ3) is 4.08. The van der Waals surface area contributed by atoms with Gasteiger partial charge in [0, 0.05) is 24.6 Å². The quantitative estimate of drug-likeness (QED) is 0.937. The van der Waals surface area contributed by atoms with E-state index >= 15 is 0 Å². The van der Waals surface area contributed by atoms with Crippen LogP contribution in [-0.2, 0) is 11.2 Å². The van der Waals surface area contributed by atoms with Gasteiger partial charge in [0.15, 0.2) is 0 Å². The maximum Gasteiger partial charge on any atom is 0.230 e. The van der Waals surface area contributed by atoms with Gasteiger partial charge in [-0.05, 0) is 29.7 Å². The molecular weight excluding hydrogens is 306 g/mol. The molecule has 0 aromatic heterocycles. The number of phenols is 1. The van der Waals surface area contributed by atoms with Crippen molar-refractivity contribution >= 4 is 17.7 Å². The highest BCUT2D eigenvalue weighted by molar-refractivity contribution is 7.99. The molecule has 4 heteroatoms. The molecule has 23 heavy (non-hydrogen) atoms. The van der Waals surface area contributed by atoms with Crippen molar-refractivity contribution in [3.05, 3.63) is 65.7 Å². The molecule has 0 saturated carbocycles. The highest BCUT2D eigenvalue weighted by atomic mass is 32.2. The second-order valence-corrected chi connectivity index (χ2v) is 7.00. The Labute approximate surface area is 141 Å². The number of aromatic hydroxyl groups is 1. The molecule has 2 aromatic carbocycles. The van der Waals surface area contributed by atoms with E-state index in [0.717, 1.165) is 35.7 Å². The van der Waals surface area contributed by atoms with E-state index in [0.29, 0.717) is 6.42 Å². The number of hydrogen-bond acceptors (Lipinski definition) is 3. The number of carbonyl (C=O) groups is 1. The largest absolute Gasteiger partial charge is 0.508 e. The topological polar surface area (TPSA) is 40.5 Å². The van der Waals surface area contributed by atoms with Crippen LogP contribution in [0.2, 0.25) is 0 Å².